The zero-order valence-electron chi connectivity index (χ0n) is 12.6. The van der Waals surface area contributed by atoms with Crippen molar-refractivity contribution in [3.05, 3.63) is 33.6 Å². The molecule has 1 atom stereocenters. The van der Waals surface area contributed by atoms with Gasteiger partial charge in [0.25, 0.3) is 0 Å². The number of fused-ring (bicyclic) bond motifs is 1. The number of nitrogens with one attached hydrogen (secondary N) is 1. The van der Waals surface area contributed by atoms with E-state index in [4.69, 9.17) is 4.52 Å². The molecule has 1 aliphatic heterocycles. The number of hydrogen-bond donors (Lipinski definition) is 1. The van der Waals surface area contributed by atoms with Crippen LogP contribution in [0.1, 0.15) is 42.0 Å². The molecule has 6 heteroatoms. The second-order valence-corrected chi connectivity index (χ2v) is 6.26. The van der Waals surface area contributed by atoms with Gasteiger partial charge in [0.15, 0.2) is 5.82 Å². The van der Waals surface area contributed by atoms with Gasteiger partial charge in [-0.2, -0.15) is 4.98 Å². The summed E-state index contributed by atoms with van der Waals surface area (Å²) in [6.45, 7) is 8.42. The van der Waals surface area contributed by atoms with E-state index in [0.29, 0.717) is 5.89 Å². The zero-order chi connectivity index (χ0) is 14.7. The highest BCUT2D eigenvalue weighted by Crippen LogP contribution is 2.31. The van der Waals surface area contributed by atoms with Crippen molar-refractivity contribution in [2.24, 2.45) is 0 Å². The van der Waals surface area contributed by atoms with Gasteiger partial charge >= 0.3 is 0 Å². The van der Waals surface area contributed by atoms with Crippen LogP contribution in [0, 0.1) is 0 Å². The molecule has 1 unspecified atom stereocenters. The molecule has 0 aromatic carbocycles. The number of nitrogens with zero attached hydrogens (tertiary/aromatic N) is 3. The molecule has 3 heterocycles. The predicted molar refractivity (Wildman–Crippen MR) is 83.7 cm³/mol. The van der Waals surface area contributed by atoms with Crippen molar-refractivity contribution < 1.29 is 4.52 Å². The molecule has 0 fully saturated rings. The van der Waals surface area contributed by atoms with E-state index in [2.05, 4.69) is 45.7 Å². The lowest BCUT2D eigenvalue weighted by atomic mass is 10.0. The molecule has 5 nitrogen and oxygen atoms in total. The summed E-state index contributed by atoms with van der Waals surface area (Å²) >= 11 is 1.81. The fraction of sp³-hybridized carbons (Fsp3) is 0.600. The maximum atomic E-state index is 5.49. The van der Waals surface area contributed by atoms with E-state index in [-0.39, 0.29) is 6.04 Å². The van der Waals surface area contributed by atoms with Crippen molar-refractivity contribution >= 4 is 11.3 Å². The molecule has 0 amide bonds. The summed E-state index contributed by atoms with van der Waals surface area (Å²) in [5.74, 6) is 1.50. The first-order valence-corrected chi connectivity index (χ1v) is 8.54. The molecule has 1 aliphatic rings. The van der Waals surface area contributed by atoms with E-state index in [1.165, 1.54) is 10.4 Å². The van der Waals surface area contributed by atoms with Crippen LogP contribution in [0.25, 0.3) is 0 Å². The molecule has 0 radical (unpaired) electrons. The van der Waals surface area contributed by atoms with Gasteiger partial charge in [-0.15, -0.1) is 11.3 Å². The highest BCUT2D eigenvalue weighted by atomic mass is 32.1. The molecule has 3 rings (SSSR count). The predicted octanol–water partition coefficient (Wildman–Crippen LogP) is 2.25. The quantitative estimate of drug-likeness (QED) is 0.887. The molecular formula is C15H22N4OS. The largest absolute Gasteiger partial charge is 0.337 e. The minimum absolute atomic E-state index is 0.0645. The standard InChI is InChI=1S/C15H22N4OS/c1-3-19(4-2)9-6-13-17-15(20-18-13)14-11-7-10-21-12(11)5-8-16-14/h7,10,14,16H,3-6,8-9H2,1-2H3. The molecule has 2 aromatic heterocycles. The average Bonchev–Trinajstić information content (AvgIpc) is 3.17. The SMILES string of the molecule is CCN(CC)CCc1noc(C2NCCc3sccc32)n1. The van der Waals surface area contributed by atoms with Crippen LogP contribution < -0.4 is 5.32 Å². The van der Waals surface area contributed by atoms with Gasteiger partial charge < -0.3 is 14.7 Å². The summed E-state index contributed by atoms with van der Waals surface area (Å²) in [6.07, 6.45) is 1.93. The molecular weight excluding hydrogens is 284 g/mol. The molecule has 21 heavy (non-hydrogen) atoms. The molecule has 1 N–H and O–H groups in total. The Morgan fingerprint density at radius 1 is 1.43 bits per heavy atom. The molecule has 0 aliphatic carbocycles. The van der Waals surface area contributed by atoms with Crippen LogP contribution in [0.2, 0.25) is 0 Å². The number of hydrogen-bond acceptors (Lipinski definition) is 6. The van der Waals surface area contributed by atoms with Crippen molar-refractivity contribution in [3.63, 3.8) is 0 Å². The monoisotopic (exact) mass is 306 g/mol. The van der Waals surface area contributed by atoms with Gasteiger partial charge in [0.1, 0.15) is 6.04 Å². The summed E-state index contributed by atoms with van der Waals surface area (Å²) in [6, 6.07) is 2.23. The van der Waals surface area contributed by atoms with Crippen LogP contribution in [0.5, 0.6) is 0 Å². The van der Waals surface area contributed by atoms with E-state index in [1.807, 2.05) is 11.3 Å². The number of likely N-dealkylation sites (N-methyl/N-ethyl adjacent to an activating group) is 1. The lowest BCUT2D eigenvalue weighted by Crippen LogP contribution is -2.29. The third kappa shape index (κ3) is 3.17. The second kappa shape index (κ2) is 6.68. The summed E-state index contributed by atoms with van der Waals surface area (Å²) in [5.41, 5.74) is 1.30. The lowest BCUT2D eigenvalue weighted by Gasteiger charge is -2.20. The van der Waals surface area contributed by atoms with Crippen molar-refractivity contribution in [2.75, 3.05) is 26.2 Å². The summed E-state index contributed by atoms with van der Waals surface area (Å²) < 4.78 is 5.49. The van der Waals surface area contributed by atoms with E-state index >= 15 is 0 Å². The lowest BCUT2D eigenvalue weighted by molar-refractivity contribution is 0.301. The first kappa shape index (κ1) is 14.7. The zero-order valence-corrected chi connectivity index (χ0v) is 13.4. The van der Waals surface area contributed by atoms with Crippen LogP contribution >= 0.6 is 11.3 Å². The Labute approximate surface area is 129 Å². The van der Waals surface area contributed by atoms with Crippen molar-refractivity contribution in [3.8, 4) is 0 Å². The minimum Gasteiger partial charge on any atom is -0.337 e. The molecule has 2 aromatic rings. The average molecular weight is 306 g/mol. The van der Waals surface area contributed by atoms with Crippen LogP contribution in [0.4, 0.5) is 0 Å². The van der Waals surface area contributed by atoms with E-state index in [1.54, 1.807) is 0 Å². The number of rotatable bonds is 6. The van der Waals surface area contributed by atoms with Crippen LogP contribution in [0.15, 0.2) is 16.0 Å². The topological polar surface area (TPSA) is 54.2 Å². The van der Waals surface area contributed by atoms with Crippen LogP contribution in [-0.4, -0.2) is 41.2 Å². The number of aromatic nitrogens is 2. The fourth-order valence-electron chi connectivity index (χ4n) is 2.76. The van der Waals surface area contributed by atoms with Gasteiger partial charge in [0, 0.05) is 24.4 Å². The van der Waals surface area contributed by atoms with E-state index < -0.39 is 0 Å². The van der Waals surface area contributed by atoms with Gasteiger partial charge in [0.05, 0.1) is 0 Å². The molecule has 0 spiro atoms. The highest BCUT2D eigenvalue weighted by molar-refractivity contribution is 7.10. The molecule has 0 bridgehead atoms. The van der Waals surface area contributed by atoms with Crippen molar-refractivity contribution in [1.29, 1.82) is 0 Å². The van der Waals surface area contributed by atoms with Gasteiger partial charge in [0.2, 0.25) is 5.89 Å². The Morgan fingerprint density at radius 3 is 3.10 bits per heavy atom. The van der Waals surface area contributed by atoms with Crippen LogP contribution in [-0.2, 0) is 12.8 Å². The Bertz CT molecular complexity index is 576. The summed E-state index contributed by atoms with van der Waals surface area (Å²) in [5, 5.41) is 9.76. The Kier molecular flexibility index (Phi) is 4.67. The fourth-order valence-corrected chi connectivity index (χ4v) is 3.68. The molecule has 0 saturated heterocycles. The maximum Gasteiger partial charge on any atom is 0.248 e. The first-order chi connectivity index (χ1) is 10.3. The highest BCUT2D eigenvalue weighted by Gasteiger charge is 2.27. The first-order valence-electron chi connectivity index (χ1n) is 7.66. The van der Waals surface area contributed by atoms with Crippen LogP contribution in [0.3, 0.4) is 0 Å². The van der Waals surface area contributed by atoms with Crippen molar-refractivity contribution in [2.45, 2.75) is 32.7 Å². The van der Waals surface area contributed by atoms with Gasteiger partial charge in [-0.1, -0.05) is 19.0 Å². The van der Waals surface area contributed by atoms with Gasteiger partial charge in [-0.25, -0.2) is 0 Å². The summed E-state index contributed by atoms with van der Waals surface area (Å²) in [4.78, 5) is 8.39. The normalized spacial score (nSPS) is 18.1. The van der Waals surface area contributed by atoms with Gasteiger partial charge in [-0.05, 0) is 36.5 Å². The second-order valence-electron chi connectivity index (χ2n) is 5.26. The Morgan fingerprint density at radius 2 is 2.29 bits per heavy atom. The smallest absolute Gasteiger partial charge is 0.248 e. The van der Waals surface area contributed by atoms with E-state index in [0.717, 1.165) is 44.8 Å². The van der Waals surface area contributed by atoms with Gasteiger partial charge in [-0.3, -0.25) is 0 Å². The Balaban J connectivity index is 1.69. The molecule has 0 saturated carbocycles. The van der Waals surface area contributed by atoms with E-state index in [9.17, 15) is 0 Å². The minimum atomic E-state index is 0.0645. The molecule has 114 valence electrons. The maximum absolute atomic E-state index is 5.49. The number of thiophene rings is 1. The Hall–Kier alpha value is -1.24. The third-order valence-corrected chi connectivity index (χ3v) is 5.06. The van der Waals surface area contributed by atoms with Crippen molar-refractivity contribution in [1.82, 2.24) is 20.4 Å². The summed E-state index contributed by atoms with van der Waals surface area (Å²) in [7, 11) is 0. The third-order valence-electron chi connectivity index (χ3n) is 4.07.